The zero-order chi connectivity index (χ0) is 16.4. The number of hydrogen-bond acceptors (Lipinski definition) is 3. The van der Waals surface area contributed by atoms with E-state index in [-0.39, 0.29) is 11.9 Å². The van der Waals surface area contributed by atoms with Gasteiger partial charge in [0.2, 0.25) is 0 Å². The summed E-state index contributed by atoms with van der Waals surface area (Å²) in [6, 6.07) is 6.28. The number of benzene rings is 1. The van der Waals surface area contributed by atoms with Crippen molar-refractivity contribution in [2.75, 3.05) is 0 Å². The van der Waals surface area contributed by atoms with Crippen molar-refractivity contribution in [3.63, 3.8) is 0 Å². The normalized spacial score (nSPS) is 12.7. The molecule has 5 nitrogen and oxygen atoms in total. The van der Waals surface area contributed by atoms with Gasteiger partial charge in [-0.15, -0.1) is 0 Å². The van der Waals surface area contributed by atoms with Gasteiger partial charge in [-0.1, -0.05) is 13.8 Å². The maximum atomic E-state index is 13.2. The summed E-state index contributed by atoms with van der Waals surface area (Å²) in [5.74, 6) is 1.81. The van der Waals surface area contributed by atoms with Crippen LogP contribution in [0.3, 0.4) is 0 Å². The fourth-order valence-corrected chi connectivity index (χ4v) is 2.49. The first-order chi connectivity index (χ1) is 11.0. The van der Waals surface area contributed by atoms with E-state index in [1.165, 1.54) is 12.1 Å². The molecule has 0 amide bonds. The van der Waals surface area contributed by atoms with Gasteiger partial charge in [0.25, 0.3) is 0 Å². The molecule has 1 aromatic carbocycles. The molecule has 3 aromatic rings. The zero-order valence-electron chi connectivity index (χ0n) is 13.5. The smallest absolute Gasteiger partial charge is 0.155 e. The predicted octanol–water partition coefficient (Wildman–Crippen LogP) is 3.41. The number of hydrogen-bond donors (Lipinski definition) is 0. The van der Waals surface area contributed by atoms with E-state index < -0.39 is 0 Å². The molecule has 0 aliphatic heterocycles. The van der Waals surface area contributed by atoms with Crippen LogP contribution in [0.2, 0.25) is 0 Å². The molecule has 0 radical (unpaired) electrons. The highest BCUT2D eigenvalue weighted by Crippen LogP contribution is 2.21. The molecule has 2 heterocycles. The van der Waals surface area contributed by atoms with Gasteiger partial charge in [0, 0.05) is 18.8 Å². The quantitative estimate of drug-likeness (QED) is 0.725. The van der Waals surface area contributed by atoms with Crippen LogP contribution >= 0.6 is 0 Å². The van der Waals surface area contributed by atoms with Gasteiger partial charge in [0.15, 0.2) is 11.6 Å². The lowest BCUT2D eigenvalue weighted by Crippen LogP contribution is -2.12. The third-order valence-electron chi connectivity index (χ3n) is 3.68. The van der Waals surface area contributed by atoms with Crippen molar-refractivity contribution in [2.45, 2.75) is 33.2 Å². The van der Waals surface area contributed by atoms with Gasteiger partial charge < -0.3 is 4.57 Å². The summed E-state index contributed by atoms with van der Waals surface area (Å²) in [7, 11) is 0. The molecule has 3 rings (SSSR count). The maximum absolute atomic E-state index is 13.2. The average Bonchev–Trinajstić information content (AvgIpc) is 3.16. The van der Waals surface area contributed by atoms with Crippen LogP contribution in [-0.2, 0) is 6.42 Å². The second-order valence-electron chi connectivity index (χ2n) is 6.06. The Labute approximate surface area is 134 Å². The lowest BCUT2D eigenvalue weighted by atomic mass is 10.1. The number of imidazole rings is 1. The first-order valence-corrected chi connectivity index (χ1v) is 7.74. The van der Waals surface area contributed by atoms with Crippen LogP contribution < -0.4 is 0 Å². The average molecular weight is 313 g/mol. The third kappa shape index (κ3) is 3.31. The number of nitrogens with zero attached hydrogens (tertiary/aromatic N) is 5. The molecule has 0 bridgehead atoms. The van der Waals surface area contributed by atoms with Crippen LogP contribution in [0, 0.1) is 11.7 Å². The zero-order valence-corrected chi connectivity index (χ0v) is 13.5. The third-order valence-corrected chi connectivity index (χ3v) is 3.68. The number of rotatable bonds is 5. The molecule has 6 heteroatoms. The Morgan fingerprint density at radius 1 is 1.13 bits per heavy atom. The Kier molecular flexibility index (Phi) is 4.23. The highest BCUT2D eigenvalue weighted by molar-refractivity contribution is 5.32. The Morgan fingerprint density at radius 3 is 2.48 bits per heavy atom. The van der Waals surface area contributed by atoms with Gasteiger partial charge in [-0.05, 0) is 37.1 Å². The number of halogens is 1. The molecule has 0 spiro atoms. The molecule has 0 unspecified atom stereocenters. The van der Waals surface area contributed by atoms with E-state index in [1.54, 1.807) is 29.3 Å². The van der Waals surface area contributed by atoms with Crippen LogP contribution in [0.5, 0.6) is 0 Å². The SMILES string of the molecule is CC(C)Cc1nc([C@@H](C)n2ccnc2)n(-c2ccc(F)cc2)n1. The molecule has 2 aromatic heterocycles. The minimum absolute atomic E-state index is 0.0176. The van der Waals surface area contributed by atoms with E-state index in [2.05, 4.69) is 23.9 Å². The van der Waals surface area contributed by atoms with Crippen molar-refractivity contribution in [1.29, 1.82) is 0 Å². The molecule has 0 aliphatic carbocycles. The van der Waals surface area contributed by atoms with Crippen molar-refractivity contribution >= 4 is 0 Å². The van der Waals surface area contributed by atoms with Crippen molar-refractivity contribution in [3.05, 3.63) is 60.5 Å². The van der Waals surface area contributed by atoms with Gasteiger partial charge in [-0.3, -0.25) is 0 Å². The molecule has 0 fully saturated rings. The minimum Gasteiger partial charge on any atom is -0.327 e. The summed E-state index contributed by atoms with van der Waals surface area (Å²) in [6.45, 7) is 6.32. The molecule has 23 heavy (non-hydrogen) atoms. The second kappa shape index (κ2) is 6.32. The van der Waals surface area contributed by atoms with Crippen LogP contribution in [-0.4, -0.2) is 24.3 Å². The summed E-state index contributed by atoms with van der Waals surface area (Å²) >= 11 is 0. The van der Waals surface area contributed by atoms with Crippen molar-refractivity contribution in [2.24, 2.45) is 5.92 Å². The lowest BCUT2D eigenvalue weighted by molar-refractivity contribution is 0.577. The van der Waals surface area contributed by atoms with Crippen LogP contribution in [0.1, 0.15) is 38.5 Å². The fraction of sp³-hybridized carbons (Fsp3) is 0.353. The van der Waals surface area contributed by atoms with Gasteiger partial charge in [0.1, 0.15) is 5.82 Å². The molecule has 0 saturated carbocycles. The lowest BCUT2D eigenvalue weighted by Gasteiger charge is -2.13. The van der Waals surface area contributed by atoms with Crippen molar-refractivity contribution in [3.8, 4) is 5.69 Å². The summed E-state index contributed by atoms with van der Waals surface area (Å²) < 4.78 is 17.0. The van der Waals surface area contributed by atoms with Gasteiger partial charge in [-0.2, -0.15) is 5.10 Å². The predicted molar refractivity (Wildman–Crippen MR) is 85.9 cm³/mol. The topological polar surface area (TPSA) is 48.5 Å². The largest absolute Gasteiger partial charge is 0.327 e. The fourth-order valence-electron chi connectivity index (χ4n) is 2.49. The van der Waals surface area contributed by atoms with Gasteiger partial charge in [0.05, 0.1) is 18.1 Å². The van der Waals surface area contributed by atoms with Crippen molar-refractivity contribution < 1.29 is 4.39 Å². The molecule has 120 valence electrons. The van der Waals surface area contributed by atoms with E-state index in [0.29, 0.717) is 5.92 Å². The summed E-state index contributed by atoms with van der Waals surface area (Å²) in [5, 5.41) is 4.63. The summed E-state index contributed by atoms with van der Waals surface area (Å²) in [4.78, 5) is 8.81. The molecule has 0 N–H and O–H groups in total. The highest BCUT2D eigenvalue weighted by Gasteiger charge is 2.19. The standard InChI is InChI=1S/C17H20FN5/c1-12(2)10-16-20-17(13(3)22-9-8-19-11-22)23(21-16)15-6-4-14(18)5-7-15/h4-9,11-13H,10H2,1-3H3/t13-/m1/s1. The molecular formula is C17H20FN5. The van der Waals surface area contributed by atoms with E-state index in [4.69, 9.17) is 4.98 Å². The summed E-state index contributed by atoms with van der Waals surface area (Å²) in [6.07, 6.45) is 6.20. The second-order valence-corrected chi connectivity index (χ2v) is 6.06. The Bertz CT molecular complexity index is 759. The maximum Gasteiger partial charge on any atom is 0.155 e. The highest BCUT2D eigenvalue weighted by atomic mass is 19.1. The van der Waals surface area contributed by atoms with E-state index in [1.807, 2.05) is 17.7 Å². The Morgan fingerprint density at radius 2 is 1.87 bits per heavy atom. The Hall–Kier alpha value is -2.50. The van der Waals surface area contributed by atoms with E-state index in [0.717, 1.165) is 23.8 Å². The van der Waals surface area contributed by atoms with Crippen LogP contribution in [0.15, 0.2) is 43.0 Å². The molecule has 0 saturated heterocycles. The molecule has 0 aliphatic rings. The first kappa shape index (κ1) is 15.4. The monoisotopic (exact) mass is 313 g/mol. The van der Waals surface area contributed by atoms with Gasteiger partial charge in [-0.25, -0.2) is 19.0 Å². The molecule has 1 atom stereocenters. The van der Waals surface area contributed by atoms with Gasteiger partial charge >= 0.3 is 0 Å². The van der Waals surface area contributed by atoms with Crippen LogP contribution in [0.4, 0.5) is 4.39 Å². The summed E-state index contributed by atoms with van der Waals surface area (Å²) in [5.41, 5.74) is 0.802. The first-order valence-electron chi connectivity index (χ1n) is 7.74. The van der Waals surface area contributed by atoms with E-state index >= 15 is 0 Å². The van der Waals surface area contributed by atoms with E-state index in [9.17, 15) is 4.39 Å². The number of aromatic nitrogens is 5. The van der Waals surface area contributed by atoms with Crippen LogP contribution in [0.25, 0.3) is 5.69 Å². The minimum atomic E-state index is -0.263. The van der Waals surface area contributed by atoms with Crippen molar-refractivity contribution in [1.82, 2.24) is 24.3 Å². The molecular weight excluding hydrogens is 293 g/mol. The Balaban J connectivity index is 2.05.